The molecule has 0 aliphatic carbocycles. The summed E-state index contributed by atoms with van der Waals surface area (Å²) in [5.74, 6) is -1.14. The van der Waals surface area contributed by atoms with Gasteiger partial charge in [-0.2, -0.15) is 0 Å². The third-order valence-corrected chi connectivity index (χ3v) is 9.87. The fraction of sp³-hybridized carbons (Fsp3) is 0.727. The topological polar surface area (TPSA) is 169 Å². The molecule has 0 rings (SSSR count). The second-order valence-electron chi connectivity index (χ2n) is 15.6. The molecule has 0 aliphatic heterocycles. The molecule has 13 heteroatoms. The first-order chi connectivity index (χ1) is 27.2. The Balaban J connectivity index is 4.76. The molecule has 330 valence electrons. The van der Waals surface area contributed by atoms with Gasteiger partial charge < -0.3 is 34.2 Å². The molecule has 0 radical (unpaired) electrons. The SMILES string of the molecule is CCCCCC/C=C\CCCCCCCC(=O)OC[C@H](COP(=O)(O)OCC[N+](C)(C)C)OC(=O)CCC[C@H](O)[C@@H](O)/C=C/C=C/C=C\C=C\[C@@H](O)CCCCC. The number of phosphoric acid groups is 1. The lowest BCUT2D eigenvalue weighted by Crippen LogP contribution is -2.37. The summed E-state index contributed by atoms with van der Waals surface area (Å²) in [7, 11) is 1.25. The molecule has 0 fully saturated rings. The van der Waals surface area contributed by atoms with E-state index < -0.39 is 50.8 Å². The summed E-state index contributed by atoms with van der Waals surface area (Å²) in [5.41, 5.74) is 0. The third kappa shape index (κ3) is 37.6. The average Bonchev–Trinajstić information content (AvgIpc) is 3.15. The van der Waals surface area contributed by atoms with Crippen LogP contribution in [0, 0.1) is 0 Å². The number of carbonyl (C=O) groups excluding carboxylic acids is 2. The summed E-state index contributed by atoms with van der Waals surface area (Å²) >= 11 is 0. The highest BCUT2D eigenvalue weighted by Crippen LogP contribution is 2.43. The minimum Gasteiger partial charge on any atom is -0.462 e. The van der Waals surface area contributed by atoms with Gasteiger partial charge in [-0.15, -0.1) is 0 Å². The van der Waals surface area contributed by atoms with Crippen LogP contribution in [-0.2, 0) is 32.7 Å². The van der Waals surface area contributed by atoms with E-state index in [1.807, 2.05) is 21.1 Å². The summed E-state index contributed by atoms with van der Waals surface area (Å²) in [6.45, 7) is 3.86. The van der Waals surface area contributed by atoms with Crippen molar-refractivity contribution in [3.8, 4) is 0 Å². The normalized spacial score (nSPS) is 15.9. The van der Waals surface area contributed by atoms with E-state index in [4.69, 9.17) is 18.5 Å². The van der Waals surface area contributed by atoms with E-state index in [9.17, 15) is 34.4 Å². The average molecular weight is 829 g/mol. The molecular formula is C44H79NO11P+. The molecule has 0 saturated heterocycles. The van der Waals surface area contributed by atoms with Crippen LogP contribution in [0.2, 0.25) is 0 Å². The van der Waals surface area contributed by atoms with Crippen LogP contribution >= 0.6 is 7.82 Å². The van der Waals surface area contributed by atoms with Gasteiger partial charge in [-0.05, 0) is 51.4 Å². The van der Waals surface area contributed by atoms with Gasteiger partial charge in [0, 0.05) is 12.8 Å². The minimum absolute atomic E-state index is 0.0358. The first kappa shape index (κ1) is 54.6. The molecule has 0 aromatic rings. The number of hydrogen-bond donors (Lipinski definition) is 4. The number of carbonyl (C=O) groups is 2. The monoisotopic (exact) mass is 829 g/mol. The predicted octanol–water partition coefficient (Wildman–Crippen LogP) is 8.60. The zero-order valence-corrected chi connectivity index (χ0v) is 36.8. The number of esters is 2. The Morgan fingerprint density at radius 1 is 0.649 bits per heavy atom. The van der Waals surface area contributed by atoms with Crippen LogP contribution in [-0.4, -0.2) is 109 Å². The molecule has 5 atom stereocenters. The highest BCUT2D eigenvalue weighted by atomic mass is 31.2. The zero-order chi connectivity index (χ0) is 42.6. The molecule has 0 amide bonds. The number of phosphoric ester groups is 1. The molecule has 0 aliphatic rings. The summed E-state index contributed by atoms with van der Waals surface area (Å²) in [5, 5.41) is 30.6. The van der Waals surface area contributed by atoms with E-state index in [1.165, 1.54) is 31.8 Å². The van der Waals surface area contributed by atoms with Crippen LogP contribution in [0.3, 0.4) is 0 Å². The molecule has 0 saturated carbocycles. The molecule has 0 bridgehead atoms. The van der Waals surface area contributed by atoms with E-state index >= 15 is 0 Å². The van der Waals surface area contributed by atoms with E-state index in [2.05, 4.69) is 26.0 Å². The van der Waals surface area contributed by atoms with Gasteiger partial charge in [0.15, 0.2) is 6.10 Å². The second kappa shape index (κ2) is 35.5. The van der Waals surface area contributed by atoms with Gasteiger partial charge in [0.05, 0.1) is 46.1 Å². The number of allylic oxidation sites excluding steroid dienone is 8. The Kier molecular flexibility index (Phi) is 34.0. The maximum Gasteiger partial charge on any atom is 0.472 e. The van der Waals surface area contributed by atoms with Crippen molar-refractivity contribution in [3.05, 3.63) is 60.8 Å². The lowest BCUT2D eigenvalue weighted by atomic mass is 10.1. The Labute approximate surface area is 344 Å². The molecule has 0 spiro atoms. The molecule has 0 aromatic heterocycles. The summed E-state index contributed by atoms with van der Waals surface area (Å²) in [6.07, 6.45) is 30.7. The van der Waals surface area contributed by atoms with Gasteiger partial charge in [0.2, 0.25) is 0 Å². The Bertz CT molecular complexity index is 1210. The van der Waals surface area contributed by atoms with Gasteiger partial charge in [0.25, 0.3) is 0 Å². The van der Waals surface area contributed by atoms with Crippen LogP contribution in [0.5, 0.6) is 0 Å². The highest BCUT2D eigenvalue weighted by Gasteiger charge is 2.27. The van der Waals surface area contributed by atoms with Crippen molar-refractivity contribution in [1.29, 1.82) is 0 Å². The molecule has 57 heavy (non-hydrogen) atoms. The molecule has 12 nitrogen and oxygen atoms in total. The first-order valence-electron chi connectivity index (χ1n) is 21.3. The first-order valence-corrected chi connectivity index (χ1v) is 22.8. The number of hydrogen-bond acceptors (Lipinski definition) is 10. The Morgan fingerprint density at radius 2 is 1.21 bits per heavy atom. The van der Waals surface area contributed by atoms with Crippen LogP contribution < -0.4 is 0 Å². The van der Waals surface area contributed by atoms with Gasteiger partial charge in [-0.25, -0.2) is 4.57 Å². The van der Waals surface area contributed by atoms with Crippen LogP contribution in [0.15, 0.2) is 60.8 Å². The highest BCUT2D eigenvalue weighted by molar-refractivity contribution is 7.47. The predicted molar refractivity (Wildman–Crippen MR) is 228 cm³/mol. The van der Waals surface area contributed by atoms with Gasteiger partial charge in [-0.3, -0.25) is 18.6 Å². The maximum atomic E-state index is 12.7. The minimum atomic E-state index is -4.47. The van der Waals surface area contributed by atoms with E-state index in [0.717, 1.165) is 64.2 Å². The van der Waals surface area contributed by atoms with E-state index in [1.54, 1.807) is 42.5 Å². The number of rotatable bonds is 37. The molecule has 0 heterocycles. The smallest absolute Gasteiger partial charge is 0.462 e. The van der Waals surface area contributed by atoms with Gasteiger partial charge >= 0.3 is 19.8 Å². The van der Waals surface area contributed by atoms with Crippen molar-refractivity contribution < 1.29 is 57.4 Å². The molecular weight excluding hydrogens is 749 g/mol. The zero-order valence-electron chi connectivity index (χ0n) is 35.9. The van der Waals surface area contributed by atoms with Gasteiger partial charge in [-0.1, -0.05) is 132 Å². The third-order valence-electron chi connectivity index (χ3n) is 8.89. The van der Waals surface area contributed by atoms with Crippen molar-refractivity contribution >= 4 is 19.8 Å². The van der Waals surface area contributed by atoms with Crippen molar-refractivity contribution in [3.63, 3.8) is 0 Å². The van der Waals surface area contributed by atoms with Crippen molar-refractivity contribution in [2.45, 2.75) is 160 Å². The second-order valence-corrected chi connectivity index (χ2v) is 17.0. The number of aliphatic hydroxyl groups is 3. The Hall–Kier alpha value is -2.41. The van der Waals surface area contributed by atoms with Gasteiger partial charge in [0.1, 0.15) is 19.8 Å². The maximum absolute atomic E-state index is 12.7. The lowest BCUT2D eigenvalue weighted by Gasteiger charge is -2.24. The number of aliphatic hydroxyl groups excluding tert-OH is 3. The number of quaternary nitrogens is 1. The van der Waals surface area contributed by atoms with Crippen molar-refractivity contribution in [1.82, 2.24) is 0 Å². The largest absolute Gasteiger partial charge is 0.472 e. The molecule has 1 unspecified atom stereocenters. The summed E-state index contributed by atoms with van der Waals surface area (Å²) < 4.78 is 33.9. The van der Waals surface area contributed by atoms with Crippen LogP contribution in [0.4, 0.5) is 0 Å². The Morgan fingerprint density at radius 3 is 1.86 bits per heavy atom. The lowest BCUT2D eigenvalue weighted by molar-refractivity contribution is -0.870. The van der Waals surface area contributed by atoms with E-state index in [-0.39, 0.29) is 38.9 Å². The van der Waals surface area contributed by atoms with Crippen LogP contribution in [0.25, 0.3) is 0 Å². The molecule has 4 N–H and O–H groups in total. The van der Waals surface area contributed by atoms with Crippen molar-refractivity contribution in [2.24, 2.45) is 0 Å². The molecule has 0 aromatic carbocycles. The van der Waals surface area contributed by atoms with E-state index in [0.29, 0.717) is 17.4 Å². The van der Waals surface area contributed by atoms with Crippen molar-refractivity contribution in [2.75, 3.05) is 47.5 Å². The fourth-order valence-electron chi connectivity index (χ4n) is 5.33. The summed E-state index contributed by atoms with van der Waals surface area (Å²) in [6, 6.07) is 0. The fourth-order valence-corrected chi connectivity index (χ4v) is 6.07. The number of ether oxygens (including phenoxy) is 2. The number of nitrogens with zero attached hydrogens (tertiary/aromatic N) is 1. The number of unbranched alkanes of at least 4 members (excludes halogenated alkanes) is 11. The number of likely N-dealkylation sites (N-methyl/N-ethyl adjacent to an activating group) is 1. The van der Waals surface area contributed by atoms with Crippen LogP contribution in [0.1, 0.15) is 136 Å². The standard InChI is InChI=1S/C44H78NO11P/c1-6-8-10-11-12-13-14-15-16-17-18-23-27-33-43(49)53-37-40(38-55-57(51,52)54-36-35-45(3,4)5)56-44(50)34-28-32-42(48)41(47)31-26-22-20-19-21-25-30-39(46)29-24-9-7-2/h13-14,19-22,25-26,30-31,39-42,46-48H,6-12,15-18,23-24,27-29,32-38H2,1-5H3/p+1/b14-13-,21-19-,22-20+,30-25+,31-26+/t39-,40+,41-,42-/m0/s1. The summed E-state index contributed by atoms with van der Waals surface area (Å²) in [4.78, 5) is 35.3. The quantitative estimate of drug-likeness (QED) is 0.0118.